The van der Waals surface area contributed by atoms with E-state index in [-0.39, 0.29) is 12.1 Å². The molecule has 0 unspecified atom stereocenters. The Morgan fingerprint density at radius 1 is 1.24 bits per heavy atom. The summed E-state index contributed by atoms with van der Waals surface area (Å²) in [6.45, 7) is 0. The molecule has 0 bridgehead atoms. The fourth-order valence-corrected chi connectivity index (χ4v) is 3.19. The Bertz CT molecular complexity index is 575. The maximum Gasteiger partial charge on any atom is 0.0956 e. The predicted octanol–water partition coefficient (Wildman–Crippen LogP) is 2.22. The van der Waals surface area contributed by atoms with Crippen LogP contribution in [0, 0.1) is 5.92 Å². The third-order valence-corrected chi connectivity index (χ3v) is 4.22. The number of hydrogen-bond acceptors (Lipinski definition) is 2. The van der Waals surface area contributed by atoms with Crippen LogP contribution < -0.4 is 0 Å². The van der Waals surface area contributed by atoms with E-state index in [9.17, 15) is 5.11 Å². The zero-order valence-corrected chi connectivity index (χ0v) is 9.45. The number of aliphatic hydroxyl groups excluding tert-OH is 1. The minimum absolute atomic E-state index is 0.151. The molecule has 17 heavy (non-hydrogen) atoms. The molecule has 0 amide bonds. The van der Waals surface area contributed by atoms with Crippen LogP contribution in [0.3, 0.4) is 0 Å². The summed E-state index contributed by atoms with van der Waals surface area (Å²) in [5.41, 5.74) is 3.80. The maximum absolute atomic E-state index is 9.92. The van der Waals surface area contributed by atoms with Gasteiger partial charge in [-0.3, -0.25) is 0 Å². The van der Waals surface area contributed by atoms with Gasteiger partial charge in [0.2, 0.25) is 0 Å². The molecule has 4 rings (SSSR count). The first kappa shape index (κ1) is 9.42. The standard InChI is InChI=1S/C14H14N2O/c17-13-6-5-11(13)14-10-4-2-1-3-9(10)12-7-15-8-16(12)14/h1-4,7-8,11,13-14,17H,5-6H2/t11-,13+,14-/m1/s1. The van der Waals surface area contributed by atoms with Crippen LogP contribution in [0.4, 0.5) is 0 Å². The van der Waals surface area contributed by atoms with E-state index >= 15 is 0 Å². The van der Waals surface area contributed by atoms with Gasteiger partial charge in [0.25, 0.3) is 0 Å². The van der Waals surface area contributed by atoms with Crippen LogP contribution in [0.5, 0.6) is 0 Å². The molecule has 3 nitrogen and oxygen atoms in total. The van der Waals surface area contributed by atoms with Gasteiger partial charge in [-0.25, -0.2) is 4.98 Å². The molecule has 2 aromatic rings. The lowest BCUT2D eigenvalue weighted by molar-refractivity contribution is 0.00415. The first-order valence-electron chi connectivity index (χ1n) is 6.15. The molecule has 1 aliphatic carbocycles. The van der Waals surface area contributed by atoms with Crippen molar-refractivity contribution >= 4 is 0 Å². The van der Waals surface area contributed by atoms with Crippen LogP contribution in [0.1, 0.15) is 24.4 Å². The fraction of sp³-hybridized carbons (Fsp3) is 0.357. The normalized spacial score (nSPS) is 29.6. The summed E-state index contributed by atoms with van der Waals surface area (Å²) in [6.07, 6.45) is 5.71. The SMILES string of the molecule is O[C@H]1CC[C@H]1[C@H]1c2ccccc2-c2cncn21. The third-order valence-electron chi connectivity index (χ3n) is 4.22. The molecule has 2 aliphatic rings. The smallest absolute Gasteiger partial charge is 0.0956 e. The van der Waals surface area contributed by atoms with Gasteiger partial charge in [0.1, 0.15) is 0 Å². The van der Waals surface area contributed by atoms with Gasteiger partial charge in [0.05, 0.1) is 30.4 Å². The zero-order chi connectivity index (χ0) is 11.4. The van der Waals surface area contributed by atoms with Gasteiger partial charge in [-0.05, 0) is 18.4 Å². The van der Waals surface area contributed by atoms with Crippen molar-refractivity contribution in [3.8, 4) is 11.3 Å². The predicted molar refractivity (Wildman–Crippen MR) is 64.5 cm³/mol. The van der Waals surface area contributed by atoms with E-state index in [0.717, 1.165) is 12.8 Å². The average Bonchev–Trinajstić information content (AvgIpc) is 2.91. The van der Waals surface area contributed by atoms with Crippen molar-refractivity contribution in [1.29, 1.82) is 0 Å². The molecule has 1 N–H and O–H groups in total. The first-order chi connectivity index (χ1) is 8.36. The Labute approximate surface area is 99.7 Å². The van der Waals surface area contributed by atoms with E-state index in [2.05, 4.69) is 33.8 Å². The van der Waals surface area contributed by atoms with Crippen LogP contribution in [0.15, 0.2) is 36.8 Å². The Kier molecular flexibility index (Phi) is 1.77. The van der Waals surface area contributed by atoms with Gasteiger partial charge in [-0.1, -0.05) is 24.3 Å². The van der Waals surface area contributed by atoms with Gasteiger partial charge in [-0.15, -0.1) is 0 Å². The second kappa shape index (κ2) is 3.20. The van der Waals surface area contributed by atoms with Crippen LogP contribution in [0.25, 0.3) is 11.3 Å². The topological polar surface area (TPSA) is 38.1 Å². The maximum atomic E-state index is 9.92. The van der Waals surface area contributed by atoms with Crippen molar-refractivity contribution in [1.82, 2.24) is 9.55 Å². The van der Waals surface area contributed by atoms with Gasteiger partial charge in [0.15, 0.2) is 0 Å². The number of imidazole rings is 1. The third kappa shape index (κ3) is 1.12. The number of hydrogen-bond donors (Lipinski definition) is 1. The summed E-state index contributed by atoms with van der Waals surface area (Å²) >= 11 is 0. The van der Waals surface area contributed by atoms with Crippen molar-refractivity contribution in [2.75, 3.05) is 0 Å². The number of aliphatic hydroxyl groups is 1. The van der Waals surface area contributed by atoms with Crippen molar-refractivity contribution < 1.29 is 5.11 Å². The van der Waals surface area contributed by atoms with E-state index in [4.69, 9.17) is 0 Å². The second-order valence-electron chi connectivity index (χ2n) is 5.03. The quantitative estimate of drug-likeness (QED) is 0.809. The van der Waals surface area contributed by atoms with Crippen molar-refractivity contribution in [2.24, 2.45) is 5.92 Å². The largest absolute Gasteiger partial charge is 0.393 e. The van der Waals surface area contributed by atoms with Crippen LogP contribution in [-0.4, -0.2) is 20.8 Å². The molecular formula is C14H14N2O. The lowest BCUT2D eigenvalue weighted by Crippen LogP contribution is -2.37. The Hall–Kier alpha value is -1.61. The van der Waals surface area contributed by atoms with Crippen molar-refractivity contribution in [3.05, 3.63) is 42.4 Å². The molecule has 0 radical (unpaired) electrons. The Balaban J connectivity index is 1.90. The number of rotatable bonds is 1. The van der Waals surface area contributed by atoms with Crippen molar-refractivity contribution in [2.45, 2.75) is 25.0 Å². The first-order valence-corrected chi connectivity index (χ1v) is 6.15. The Morgan fingerprint density at radius 3 is 2.88 bits per heavy atom. The number of fused-ring (bicyclic) bond motifs is 3. The molecule has 1 aliphatic heterocycles. The summed E-state index contributed by atoms with van der Waals surface area (Å²) in [5, 5.41) is 9.92. The zero-order valence-electron chi connectivity index (χ0n) is 9.45. The molecule has 2 heterocycles. The van der Waals surface area contributed by atoms with E-state index in [1.165, 1.54) is 16.8 Å². The number of benzene rings is 1. The monoisotopic (exact) mass is 226 g/mol. The summed E-state index contributed by atoms with van der Waals surface area (Å²) in [7, 11) is 0. The summed E-state index contributed by atoms with van der Waals surface area (Å²) in [5.74, 6) is 0.353. The van der Waals surface area contributed by atoms with E-state index in [1.54, 1.807) is 0 Å². The van der Waals surface area contributed by atoms with Gasteiger partial charge < -0.3 is 9.67 Å². The molecule has 1 aromatic carbocycles. The van der Waals surface area contributed by atoms with Gasteiger partial charge in [0, 0.05) is 11.5 Å². The molecule has 1 aromatic heterocycles. The highest BCUT2D eigenvalue weighted by Gasteiger charge is 2.41. The molecule has 0 saturated heterocycles. The molecule has 86 valence electrons. The van der Waals surface area contributed by atoms with Crippen LogP contribution in [0.2, 0.25) is 0 Å². The second-order valence-corrected chi connectivity index (χ2v) is 5.03. The molecule has 0 spiro atoms. The van der Waals surface area contributed by atoms with E-state index < -0.39 is 0 Å². The highest BCUT2D eigenvalue weighted by Crippen LogP contribution is 2.48. The summed E-state index contributed by atoms with van der Waals surface area (Å²) in [6, 6.07) is 8.76. The summed E-state index contributed by atoms with van der Waals surface area (Å²) < 4.78 is 2.22. The lowest BCUT2D eigenvalue weighted by Gasteiger charge is -2.38. The minimum atomic E-state index is -0.151. The Morgan fingerprint density at radius 2 is 2.12 bits per heavy atom. The molecule has 3 heteroatoms. The van der Waals surface area contributed by atoms with E-state index in [1.807, 2.05) is 12.5 Å². The molecule has 1 saturated carbocycles. The van der Waals surface area contributed by atoms with Crippen molar-refractivity contribution in [3.63, 3.8) is 0 Å². The minimum Gasteiger partial charge on any atom is -0.393 e. The highest BCUT2D eigenvalue weighted by molar-refractivity contribution is 5.69. The van der Waals surface area contributed by atoms with Gasteiger partial charge >= 0.3 is 0 Å². The van der Waals surface area contributed by atoms with Gasteiger partial charge in [-0.2, -0.15) is 0 Å². The highest BCUT2D eigenvalue weighted by atomic mass is 16.3. The molecule has 3 atom stereocenters. The number of nitrogens with zero attached hydrogens (tertiary/aromatic N) is 2. The average molecular weight is 226 g/mol. The van der Waals surface area contributed by atoms with Crippen LogP contribution in [-0.2, 0) is 0 Å². The lowest BCUT2D eigenvalue weighted by atomic mass is 9.74. The molecule has 1 fully saturated rings. The number of aromatic nitrogens is 2. The molecular weight excluding hydrogens is 212 g/mol. The fourth-order valence-electron chi connectivity index (χ4n) is 3.19. The van der Waals surface area contributed by atoms with E-state index in [0.29, 0.717) is 5.92 Å². The summed E-state index contributed by atoms with van der Waals surface area (Å²) in [4.78, 5) is 4.24. The van der Waals surface area contributed by atoms with Crippen LogP contribution >= 0.6 is 0 Å².